The molecule has 1 unspecified atom stereocenters. The SMILES string of the molecule is Cn1nnc(C(O)C2(CN)CC2)n1. The topological polar surface area (TPSA) is 89.8 Å². The van der Waals surface area contributed by atoms with Crippen LogP contribution in [-0.4, -0.2) is 31.9 Å². The van der Waals surface area contributed by atoms with Crippen molar-refractivity contribution in [1.82, 2.24) is 20.2 Å². The van der Waals surface area contributed by atoms with Crippen molar-refractivity contribution < 1.29 is 5.11 Å². The molecule has 0 saturated heterocycles. The predicted octanol–water partition coefficient (Wildman–Crippen LogP) is -1.02. The average molecular weight is 183 g/mol. The summed E-state index contributed by atoms with van der Waals surface area (Å²) in [7, 11) is 1.67. The summed E-state index contributed by atoms with van der Waals surface area (Å²) in [5.41, 5.74) is 5.39. The first-order chi connectivity index (χ1) is 6.18. The molecule has 0 amide bonds. The number of rotatable bonds is 3. The molecule has 0 radical (unpaired) electrons. The quantitative estimate of drug-likeness (QED) is 0.626. The molecule has 1 fully saturated rings. The van der Waals surface area contributed by atoms with E-state index < -0.39 is 6.10 Å². The normalized spacial score (nSPS) is 21.5. The van der Waals surface area contributed by atoms with Crippen LogP contribution in [-0.2, 0) is 7.05 Å². The van der Waals surface area contributed by atoms with Gasteiger partial charge in [-0.1, -0.05) is 0 Å². The number of hydrogen-bond acceptors (Lipinski definition) is 5. The Morgan fingerprint density at radius 3 is 2.77 bits per heavy atom. The van der Waals surface area contributed by atoms with Crippen LogP contribution < -0.4 is 5.73 Å². The van der Waals surface area contributed by atoms with Crippen molar-refractivity contribution in [2.45, 2.75) is 18.9 Å². The summed E-state index contributed by atoms with van der Waals surface area (Å²) in [5, 5.41) is 21.3. The van der Waals surface area contributed by atoms with Crippen molar-refractivity contribution >= 4 is 0 Å². The van der Waals surface area contributed by atoms with Gasteiger partial charge in [-0.25, -0.2) is 0 Å². The second-order valence-electron chi connectivity index (χ2n) is 3.61. The smallest absolute Gasteiger partial charge is 0.203 e. The molecule has 1 aliphatic carbocycles. The van der Waals surface area contributed by atoms with Gasteiger partial charge in [-0.05, 0) is 18.1 Å². The highest BCUT2D eigenvalue weighted by molar-refractivity contribution is 5.06. The summed E-state index contributed by atoms with van der Waals surface area (Å²) < 4.78 is 0. The molecule has 6 nitrogen and oxygen atoms in total. The third-order valence-corrected chi connectivity index (χ3v) is 2.65. The molecule has 0 aliphatic heterocycles. The molecule has 6 heteroatoms. The first-order valence-corrected chi connectivity index (χ1v) is 4.30. The molecule has 3 N–H and O–H groups in total. The van der Waals surface area contributed by atoms with Crippen molar-refractivity contribution in [3.63, 3.8) is 0 Å². The lowest BCUT2D eigenvalue weighted by atomic mass is 9.99. The van der Waals surface area contributed by atoms with E-state index in [1.165, 1.54) is 4.80 Å². The van der Waals surface area contributed by atoms with Crippen LogP contribution in [0.4, 0.5) is 0 Å². The first kappa shape index (κ1) is 8.58. The summed E-state index contributed by atoms with van der Waals surface area (Å²) in [6, 6.07) is 0. The number of nitrogens with zero attached hydrogens (tertiary/aromatic N) is 4. The van der Waals surface area contributed by atoms with Crippen LogP contribution in [0.3, 0.4) is 0 Å². The molecule has 0 aromatic carbocycles. The molecule has 2 rings (SSSR count). The molecule has 0 bridgehead atoms. The van der Waals surface area contributed by atoms with E-state index in [1.54, 1.807) is 7.05 Å². The van der Waals surface area contributed by atoms with Gasteiger partial charge in [0.15, 0.2) is 0 Å². The van der Waals surface area contributed by atoms with E-state index in [2.05, 4.69) is 15.4 Å². The Bertz CT molecular complexity index is 306. The number of aryl methyl sites for hydroxylation is 1. The molecule has 1 aromatic heterocycles. The van der Waals surface area contributed by atoms with Gasteiger partial charge in [0.2, 0.25) is 5.82 Å². The Labute approximate surface area is 75.7 Å². The summed E-state index contributed by atoms with van der Waals surface area (Å²) in [5.74, 6) is 0.380. The van der Waals surface area contributed by atoms with Crippen molar-refractivity contribution in [3.05, 3.63) is 5.82 Å². The van der Waals surface area contributed by atoms with Gasteiger partial charge >= 0.3 is 0 Å². The van der Waals surface area contributed by atoms with E-state index >= 15 is 0 Å². The standard InChI is InChI=1S/C7H13N5O/c1-12-10-6(9-11-12)5(13)7(4-8)2-3-7/h5,13H,2-4,8H2,1H3. The van der Waals surface area contributed by atoms with E-state index in [0.29, 0.717) is 12.4 Å². The van der Waals surface area contributed by atoms with E-state index in [9.17, 15) is 5.11 Å². The maximum atomic E-state index is 9.87. The van der Waals surface area contributed by atoms with E-state index in [-0.39, 0.29) is 5.41 Å². The molecule has 13 heavy (non-hydrogen) atoms. The third-order valence-electron chi connectivity index (χ3n) is 2.65. The highest BCUT2D eigenvalue weighted by Crippen LogP contribution is 2.53. The van der Waals surface area contributed by atoms with Crippen molar-refractivity contribution in [3.8, 4) is 0 Å². The Hall–Kier alpha value is -1.01. The molecular formula is C7H13N5O. The number of tetrazole rings is 1. The lowest BCUT2D eigenvalue weighted by Gasteiger charge is -2.16. The minimum atomic E-state index is -0.661. The van der Waals surface area contributed by atoms with Gasteiger partial charge in [-0.2, -0.15) is 4.80 Å². The lowest BCUT2D eigenvalue weighted by molar-refractivity contribution is 0.0886. The van der Waals surface area contributed by atoms with E-state index in [1.807, 2.05) is 0 Å². The largest absolute Gasteiger partial charge is 0.384 e. The van der Waals surface area contributed by atoms with Gasteiger partial charge in [-0.3, -0.25) is 0 Å². The molecule has 72 valence electrons. The van der Waals surface area contributed by atoms with Crippen LogP contribution in [0.2, 0.25) is 0 Å². The summed E-state index contributed by atoms with van der Waals surface area (Å²) in [6.45, 7) is 0.479. The Morgan fingerprint density at radius 2 is 2.38 bits per heavy atom. The zero-order valence-electron chi connectivity index (χ0n) is 7.51. The number of aliphatic hydroxyl groups is 1. The lowest BCUT2D eigenvalue weighted by Crippen LogP contribution is -2.24. The van der Waals surface area contributed by atoms with Crippen LogP contribution in [0.15, 0.2) is 0 Å². The van der Waals surface area contributed by atoms with Gasteiger partial charge in [0.25, 0.3) is 0 Å². The molecule has 1 atom stereocenters. The molecule has 1 heterocycles. The summed E-state index contributed by atoms with van der Waals surface area (Å²) >= 11 is 0. The molecule has 0 spiro atoms. The Morgan fingerprint density at radius 1 is 1.69 bits per heavy atom. The van der Waals surface area contributed by atoms with Crippen molar-refractivity contribution in [2.75, 3.05) is 6.54 Å². The van der Waals surface area contributed by atoms with Crippen molar-refractivity contribution in [1.29, 1.82) is 0 Å². The van der Waals surface area contributed by atoms with Gasteiger partial charge in [-0.15, -0.1) is 10.2 Å². The first-order valence-electron chi connectivity index (χ1n) is 4.30. The van der Waals surface area contributed by atoms with Crippen molar-refractivity contribution in [2.24, 2.45) is 18.2 Å². The Balaban J connectivity index is 2.17. The maximum absolute atomic E-state index is 9.87. The van der Waals surface area contributed by atoms with Gasteiger partial charge in [0.05, 0.1) is 7.05 Å². The summed E-state index contributed by atoms with van der Waals surface area (Å²) in [6.07, 6.45) is 1.23. The summed E-state index contributed by atoms with van der Waals surface area (Å²) in [4.78, 5) is 1.34. The minimum absolute atomic E-state index is 0.178. The van der Waals surface area contributed by atoms with Crippen LogP contribution in [0.25, 0.3) is 0 Å². The zero-order chi connectivity index (χ0) is 9.47. The average Bonchev–Trinajstić information content (AvgIpc) is 2.82. The highest BCUT2D eigenvalue weighted by Gasteiger charge is 2.50. The van der Waals surface area contributed by atoms with Gasteiger partial charge < -0.3 is 10.8 Å². The fraction of sp³-hybridized carbons (Fsp3) is 0.857. The van der Waals surface area contributed by atoms with Crippen LogP contribution in [0, 0.1) is 5.41 Å². The Kier molecular flexibility index (Phi) is 1.81. The molecule has 1 aromatic rings. The predicted molar refractivity (Wildman–Crippen MR) is 44.5 cm³/mol. The van der Waals surface area contributed by atoms with Crippen LogP contribution in [0.5, 0.6) is 0 Å². The number of nitrogens with two attached hydrogens (primary N) is 1. The minimum Gasteiger partial charge on any atom is -0.384 e. The van der Waals surface area contributed by atoms with Gasteiger partial charge in [0.1, 0.15) is 6.10 Å². The van der Waals surface area contributed by atoms with Crippen LogP contribution in [0.1, 0.15) is 24.8 Å². The maximum Gasteiger partial charge on any atom is 0.203 e. The second kappa shape index (κ2) is 2.74. The number of hydrogen-bond donors (Lipinski definition) is 2. The molecule has 1 aliphatic rings. The van der Waals surface area contributed by atoms with Gasteiger partial charge in [0, 0.05) is 12.0 Å². The monoisotopic (exact) mass is 183 g/mol. The molecule has 1 saturated carbocycles. The van der Waals surface area contributed by atoms with E-state index in [4.69, 9.17) is 5.73 Å². The van der Waals surface area contributed by atoms with E-state index in [0.717, 1.165) is 12.8 Å². The zero-order valence-corrected chi connectivity index (χ0v) is 7.51. The number of aromatic nitrogens is 4. The number of aliphatic hydroxyl groups excluding tert-OH is 1. The highest BCUT2D eigenvalue weighted by atomic mass is 16.3. The molecular weight excluding hydrogens is 170 g/mol. The fourth-order valence-electron chi connectivity index (χ4n) is 1.43. The van der Waals surface area contributed by atoms with Crippen LogP contribution >= 0.6 is 0 Å². The second-order valence-corrected chi connectivity index (χ2v) is 3.61. The third kappa shape index (κ3) is 1.31. The fourth-order valence-corrected chi connectivity index (χ4v) is 1.43.